The first-order valence-electron chi connectivity index (χ1n) is 18.3. The lowest BCUT2D eigenvalue weighted by atomic mass is 9.96. The average molecular weight is 700 g/mol. The van der Waals surface area contributed by atoms with E-state index in [1.807, 2.05) is 36.4 Å². The van der Waals surface area contributed by atoms with Gasteiger partial charge in [0.1, 0.15) is 0 Å². The lowest BCUT2D eigenvalue weighted by Gasteiger charge is -2.20. The van der Waals surface area contributed by atoms with Crippen molar-refractivity contribution in [3.05, 3.63) is 193 Å². The van der Waals surface area contributed by atoms with Crippen molar-refractivity contribution in [1.82, 2.24) is 13.7 Å². The molecule has 5 nitrogen and oxygen atoms in total. The summed E-state index contributed by atoms with van der Waals surface area (Å²) in [6.45, 7) is 8.02. The van der Waals surface area contributed by atoms with Crippen molar-refractivity contribution in [3.8, 4) is 34.3 Å². The topological polar surface area (TPSA) is 42.9 Å². The van der Waals surface area contributed by atoms with Gasteiger partial charge in [-0.1, -0.05) is 121 Å². The van der Waals surface area contributed by atoms with Gasteiger partial charge < -0.3 is 13.7 Å². The summed E-state index contributed by atoms with van der Waals surface area (Å²) in [5.41, 5.74) is 12.2. The van der Waals surface area contributed by atoms with Crippen LogP contribution in [-0.2, 0) is 0 Å². The van der Waals surface area contributed by atoms with E-state index in [2.05, 4.69) is 164 Å². The molecule has 0 N–H and O–H groups in total. The number of nitrogens with zero attached hydrogens (tertiary/aromatic N) is 5. The van der Waals surface area contributed by atoms with Crippen molar-refractivity contribution in [2.24, 2.45) is 0 Å². The van der Waals surface area contributed by atoms with Crippen LogP contribution in [0.25, 0.3) is 98.5 Å². The van der Waals surface area contributed by atoms with E-state index in [1.54, 1.807) is 0 Å². The summed E-state index contributed by atoms with van der Waals surface area (Å²) in [4.78, 5) is 3.92. The van der Waals surface area contributed by atoms with E-state index in [4.69, 9.17) is 6.57 Å². The largest absolute Gasteiger partial charge is 0.310 e. The molecule has 3 heterocycles. The Morgan fingerprint density at radius 1 is 0.418 bits per heavy atom. The summed E-state index contributed by atoms with van der Waals surface area (Å²) in [5.74, 6) is 0. The Balaban J connectivity index is 1.28. The minimum Gasteiger partial charge on any atom is -0.310 e. The predicted molar refractivity (Wildman–Crippen MR) is 226 cm³/mol. The van der Waals surface area contributed by atoms with Gasteiger partial charge in [-0.25, -0.2) is 4.85 Å². The second kappa shape index (κ2) is 11.8. The van der Waals surface area contributed by atoms with E-state index >= 15 is 0 Å². The van der Waals surface area contributed by atoms with Gasteiger partial charge in [0.15, 0.2) is 5.69 Å². The first-order valence-corrected chi connectivity index (χ1v) is 18.3. The van der Waals surface area contributed by atoms with Crippen molar-refractivity contribution < 1.29 is 0 Å². The van der Waals surface area contributed by atoms with Crippen LogP contribution in [0.5, 0.6) is 0 Å². The standard InChI is InChI=1S/C50H29N5/c1-52-39-22-14-29-46-49(39)38-20-6-10-26-43(38)54(46)45-28-12-15-32(31-51)48(45)37-19-5-11-27-44(37)55-42-25-9-4-18-35(42)36-21-13-30-47(50(36)55)53-40-23-7-2-16-33(40)34-17-3-8-24-41(34)53/h2-30H. The van der Waals surface area contributed by atoms with Crippen LogP contribution in [0.2, 0.25) is 0 Å². The third-order valence-electron chi connectivity index (χ3n) is 11.1. The average Bonchev–Trinajstić information content (AvgIpc) is 3.89. The molecule has 0 spiro atoms. The van der Waals surface area contributed by atoms with Crippen molar-refractivity contribution >= 4 is 71.1 Å². The Labute approximate surface area is 316 Å². The molecule has 3 aromatic heterocycles. The van der Waals surface area contributed by atoms with Crippen LogP contribution in [0, 0.1) is 17.9 Å². The molecule has 0 aliphatic carbocycles. The molecule has 8 aromatic carbocycles. The fourth-order valence-electron chi connectivity index (χ4n) is 8.95. The molecule has 11 aromatic rings. The van der Waals surface area contributed by atoms with Gasteiger partial charge in [-0.15, -0.1) is 0 Å². The summed E-state index contributed by atoms with van der Waals surface area (Å²) in [6.07, 6.45) is 0. The molecule has 0 saturated carbocycles. The Morgan fingerprint density at radius 2 is 0.891 bits per heavy atom. The summed E-state index contributed by atoms with van der Waals surface area (Å²) in [5, 5.41) is 17.5. The van der Waals surface area contributed by atoms with Gasteiger partial charge in [0.2, 0.25) is 0 Å². The maximum atomic E-state index is 10.8. The number of fused-ring (bicyclic) bond motifs is 9. The molecule has 0 aliphatic rings. The first-order chi connectivity index (χ1) is 27.3. The molecule has 5 heteroatoms. The van der Waals surface area contributed by atoms with Crippen molar-refractivity contribution in [2.45, 2.75) is 0 Å². The molecule has 0 saturated heterocycles. The third kappa shape index (κ3) is 4.27. The van der Waals surface area contributed by atoms with Gasteiger partial charge in [-0.3, -0.25) is 0 Å². The van der Waals surface area contributed by atoms with E-state index < -0.39 is 0 Å². The zero-order valence-corrected chi connectivity index (χ0v) is 29.5. The van der Waals surface area contributed by atoms with Gasteiger partial charge >= 0.3 is 0 Å². The first kappa shape index (κ1) is 30.7. The second-order valence-corrected chi connectivity index (χ2v) is 13.9. The Bertz CT molecular complexity index is 3420. The third-order valence-corrected chi connectivity index (χ3v) is 11.1. The smallest absolute Gasteiger partial charge is 0.197 e. The van der Waals surface area contributed by atoms with Crippen molar-refractivity contribution in [1.29, 1.82) is 5.26 Å². The van der Waals surface area contributed by atoms with Crippen molar-refractivity contribution in [2.75, 3.05) is 0 Å². The molecular formula is C50H29N5. The number of hydrogen-bond acceptors (Lipinski definition) is 1. The van der Waals surface area contributed by atoms with Crippen LogP contribution in [-0.4, -0.2) is 13.7 Å². The van der Waals surface area contributed by atoms with E-state index in [0.29, 0.717) is 11.3 Å². The highest BCUT2D eigenvalue weighted by Gasteiger charge is 2.24. The fourth-order valence-corrected chi connectivity index (χ4v) is 8.95. The Kier molecular flexibility index (Phi) is 6.61. The molecule has 0 amide bonds. The predicted octanol–water partition coefficient (Wildman–Crippen LogP) is 13.1. The fraction of sp³-hybridized carbons (Fsp3) is 0. The normalized spacial score (nSPS) is 11.6. The number of rotatable bonds is 4. The lowest BCUT2D eigenvalue weighted by Crippen LogP contribution is -2.04. The molecule has 0 unspecified atom stereocenters. The minimum atomic E-state index is 0.570. The van der Waals surface area contributed by atoms with Gasteiger partial charge in [0, 0.05) is 43.6 Å². The number of benzene rings is 8. The molecular weight excluding hydrogens is 671 g/mol. The van der Waals surface area contributed by atoms with E-state index in [9.17, 15) is 5.26 Å². The molecule has 11 rings (SSSR count). The molecule has 55 heavy (non-hydrogen) atoms. The van der Waals surface area contributed by atoms with Crippen LogP contribution in [0.3, 0.4) is 0 Å². The van der Waals surface area contributed by atoms with E-state index in [0.717, 1.165) is 82.8 Å². The van der Waals surface area contributed by atoms with Crippen LogP contribution < -0.4 is 0 Å². The maximum absolute atomic E-state index is 10.8. The molecule has 254 valence electrons. The monoisotopic (exact) mass is 699 g/mol. The summed E-state index contributed by atoms with van der Waals surface area (Å²) < 4.78 is 7.01. The molecule has 0 fully saturated rings. The zero-order chi connectivity index (χ0) is 36.6. The van der Waals surface area contributed by atoms with Gasteiger partial charge in [-0.2, -0.15) is 5.26 Å². The quantitative estimate of drug-likeness (QED) is 0.169. The maximum Gasteiger partial charge on any atom is 0.197 e. The number of aromatic nitrogens is 3. The highest BCUT2D eigenvalue weighted by molar-refractivity contribution is 6.17. The minimum absolute atomic E-state index is 0.570. The van der Waals surface area contributed by atoms with Crippen LogP contribution in [0.15, 0.2) is 176 Å². The number of nitriles is 1. The Hall–Kier alpha value is -7.86. The lowest BCUT2D eigenvalue weighted by molar-refractivity contribution is 1.13. The summed E-state index contributed by atoms with van der Waals surface area (Å²) in [7, 11) is 0. The van der Waals surface area contributed by atoms with Gasteiger partial charge in [0.05, 0.1) is 62.9 Å². The van der Waals surface area contributed by atoms with E-state index in [-0.39, 0.29) is 0 Å². The van der Waals surface area contributed by atoms with Crippen LogP contribution in [0.1, 0.15) is 5.56 Å². The van der Waals surface area contributed by atoms with Crippen LogP contribution >= 0.6 is 0 Å². The summed E-state index contributed by atoms with van der Waals surface area (Å²) in [6, 6.07) is 63.6. The van der Waals surface area contributed by atoms with Crippen LogP contribution in [0.4, 0.5) is 5.69 Å². The molecule has 0 radical (unpaired) electrons. The van der Waals surface area contributed by atoms with E-state index in [1.165, 1.54) is 10.8 Å². The molecule has 0 bridgehead atoms. The number of para-hydroxylation sites is 6. The molecule has 0 atom stereocenters. The summed E-state index contributed by atoms with van der Waals surface area (Å²) >= 11 is 0. The SMILES string of the molecule is [C-]#[N+]c1cccc2c1c1ccccc1n2-c1cccc(C#N)c1-c1ccccc1-n1c2ccccc2c2cccc(-n3c4ccccc4c4ccccc43)c21. The van der Waals surface area contributed by atoms with Gasteiger partial charge in [0.25, 0.3) is 0 Å². The Morgan fingerprint density at radius 3 is 1.58 bits per heavy atom. The van der Waals surface area contributed by atoms with Gasteiger partial charge in [-0.05, 0) is 60.0 Å². The van der Waals surface area contributed by atoms with Crippen molar-refractivity contribution in [3.63, 3.8) is 0 Å². The second-order valence-electron chi connectivity index (χ2n) is 13.9. The zero-order valence-electron chi connectivity index (χ0n) is 29.5. The highest BCUT2D eigenvalue weighted by Crippen LogP contribution is 2.45. The number of hydrogen-bond donors (Lipinski definition) is 0. The highest BCUT2D eigenvalue weighted by atomic mass is 15.1. The molecule has 0 aliphatic heterocycles.